The number of sulfonamides is 1. The van der Waals surface area contributed by atoms with E-state index in [0.29, 0.717) is 18.1 Å². The van der Waals surface area contributed by atoms with E-state index in [1.807, 2.05) is 17.5 Å². The van der Waals surface area contributed by atoms with Crippen LogP contribution in [-0.4, -0.2) is 36.1 Å². The molecule has 0 saturated carbocycles. The number of amides is 1. The molecule has 0 N–H and O–H groups in total. The first-order valence-electron chi connectivity index (χ1n) is 11.2. The molecule has 0 aliphatic carbocycles. The van der Waals surface area contributed by atoms with Crippen LogP contribution in [0, 0.1) is 5.82 Å². The first kappa shape index (κ1) is 27.8. The monoisotopic (exact) mass is 542 g/mol. The lowest BCUT2D eigenvalue weighted by Crippen LogP contribution is -2.46. The molecule has 0 spiro atoms. The average Bonchev–Trinajstić information content (AvgIpc) is 3.35. The molecule has 1 atom stereocenters. The summed E-state index contributed by atoms with van der Waals surface area (Å²) in [5.41, 5.74) is -0.438. The van der Waals surface area contributed by atoms with E-state index in [2.05, 4.69) is 0 Å². The summed E-state index contributed by atoms with van der Waals surface area (Å²) in [5, 5.41) is 1.85. The lowest BCUT2D eigenvalue weighted by molar-refractivity contribution is -0.137. The van der Waals surface area contributed by atoms with Crippen molar-refractivity contribution in [2.75, 3.05) is 6.54 Å². The van der Waals surface area contributed by atoms with E-state index >= 15 is 0 Å². The minimum absolute atomic E-state index is 0.106. The smallest absolute Gasteiger partial charge is 0.332 e. The highest BCUT2D eigenvalue weighted by molar-refractivity contribution is 7.89. The molecule has 1 aromatic heterocycles. The Kier molecular flexibility index (Phi) is 8.91. The van der Waals surface area contributed by atoms with Gasteiger partial charge < -0.3 is 4.90 Å². The maximum atomic E-state index is 13.4. The Morgan fingerprint density at radius 3 is 2.31 bits per heavy atom. The maximum absolute atomic E-state index is 13.4. The third kappa shape index (κ3) is 6.92. The molecule has 5 nitrogen and oxygen atoms in total. The molecule has 1 heterocycles. The summed E-state index contributed by atoms with van der Waals surface area (Å²) < 4.78 is 80.8. The van der Waals surface area contributed by atoms with Crippen LogP contribution in [0.4, 0.5) is 17.6 Å². The van der Waals surface area contributed by atoms with Gasteiger partial charge in [-0.25, -0.2) is 12.8 Å². The summed E-state index contributed by atoms with van der Waals surface area (Å²) in [4.78, 5) is 15.2. The second-order valence-corrected chi connectivity index (χ2v) is 11.2. The third-order valence-electron chi connectivity index (χ3n) is 5.71. The van der Waals surface area contributed by atoms with Crippen LogP contribution in [0.2, 0.25) is 0 Å². The fourth-order valence-corrected chi connectivity index (χ4v) is 5.94. The van der Waals surface area contributed by atoms with Crippen molar-refractivity contribution in [3.05, 3.63) is 87.9 Å². The predicted octanol–water partition coefficient (Wildman–Crippen LogP) is 5.92. The summed E-state index contributed by atoms with van der Waals surface area (Å²) >= 11 is 1.43. The van der Waals surface area contributed by atoms with Gasteiger partial charge in [0.2, 0.25) is 15.9 Å². The molecule has 3 rings (SSSR count). The van der Waals surface area contributed by atoms with Crippen molar-refractivity contribution in [3.8, 4) is 0 Å². The van der Waals surface area contributed by atoms with E-state index in [1.165, 1.54) is 40.5 Å². The molecule has 0 aliphatic heterocycles. The van der Waals surface area contributed by atoms with Crippen molar-refractivity contribution in [1.82, 2.24) is 9.21 Å². The molecule has 2 aromatic carbocycles. The van der Waals surface area contributed by atoms with Gasteiger partial charge in [-0.2, -0.15) is 17.5 Å². The van der Waals surface area contributed by atoms with E-state index < -0.39 is 51.0 Å². The number of alkyl halides is 3. The Morgan fingerprint density at radius 1 is 1.03 bits per heavy atom. The Balaban J connectivity index is 1.92. The van der Waals surface area contributed by atoms with Gasteiger partial charge in [0.25, 0.3) is 0 Å². The fraction of sp³-hybridized carbons (Fsp3) is 0.320. The minimum Gasteiger partial charge on any atom is -0.332 e. The molecule has 36 heavy (non-hydrogen) atoms. The summed E-state index contributed by atoms with van der Waals surface area (Å²) in [5.74, 6) is -0.950. The van der Waals surface area contributed by atoms with Gasteiger partial charge in [-0.1, -0.05) is 31.2 Å². The van der Waals surface area contributed by atoms with Crippen molar-refractivity contribution < 1.29 is 30.8 Å². The number of nitrogens with zero attached hydrogens (tertiary/aromatic N) is 2. The second kappa shape index (κ2) is 11.5. The Morgan fingerprint density at radius 2 is 1.72 bits per heavy atom. The van der Waals surface area contributed by atoms with Crippen LogP contribution in [0.1, 0.15) is 36.3 Å². The van der Waals surface area contributed by atoms with Crippen LogP contribution in [0.15, 0.2) is 70.9 Å². The van der Waals surface area contributed by atoms with Crippen LogP contribution in [-0.2, 0) is 34.1 Å². The van der Waals surface area contributed by atoms with Crippen molar-refractivity contribution in [2.45, 2.75) is 50.5 Å². The fourth-order valence-electron chi connectivity index (χ4n) is 3.52. The van der Waals surface area contributed by atoms with Gasteiger partial charge in [0, 0.05) is 17.5 Å². The third-order valence-corrected chi connectivity index (χ3v) is 8.52. The number of carbonyl (C=O) groups excluding carboxylic acids is 1. The molecule has 0 saturated heterocycles. The topological polar surface area (TPSA) is 57.7 Å². The van der Waals surface area contributed by atoms with Crippen molar-refractivity contribution in [1.29, 1.82) is 0 Å². The molecule has 0 fully saturated rings. The predicted molar refractivity (Wildman–Crippen MR) is 130 cm³/mol. The number of rotatable bonds is 10. The van der Waals surface area contributed by atoms with E-state index in [0.717, 1.165) is 27.4 Å². The van der Waals surface area contributed by atoms with Gasteiger partial charge in [-0.3, -0.25) is 4.79 Å². The van der Waals surface area contributed by atoms with Crippen LogP contribution in [0.5, 0.6) is 0 Å². The van der Waals surface area contributed by atoms with E-state index in [9.17, 15) is 30.8 Å². The summed E-state index contributed by atoms with van der Waals surface area (Å²) in [6, 6.07) is 12.1. The number of thiophene rings is 1. The summed E-state index contributed by atoms with van der Waals surface area (Å²) in [6.45, 7) is 3.08. The molecule has 11 heteroatoms. The SMILES string of the molecule is CC[C@@H](C)N(CC(=O)N(Cc1ccc(F)cc1)Cc1cccs1)S(=O)(=O)c1cccc(C(F)(F)F)c1. The van der Waals surface area contributed by atoms with Crippen LogP contribution in [0.25, 0.3) is 0 Å². The van der Waals surface area contributed by atoms with Crippen LogP contribution >= 0.6 is 11.3 Å². The zero-order valence-corrected chi connectivity index (χ0v) is 21.3. The Hall–Kier alpha value is -2.76. The van der Waals surface area contributed by atoms with Gasteiger partial charge in [0.05, 0.1) is 23.5 Å². The van der Waals surface area contributed by atoms with Gasteiger partial charge in [0.1, 0.15) is 5.82 Å². The summed E-state index contributed by atoms with van der Waals surface area (Å²) in [7, 11) is -4.43. The largest absolute Gasteiger partial charge is 0.416 e. The van der Waals surface area contributed by atoms with Crippen molar-refractivity contribution >= 4 is 27.3 Å². The number of hydrogen-bond acceptors (Lipinski definition) is 4. The molecule has 0 unspecified atom stereocenters. The maximum Gasteiger partial charge on any atom is 0.416 e. The molecular weight excluding hydrogens is 516 g/mol. The molecule has 3 aromatic rings. The zero-order chi connectivity index (χ0) is 26.5. The van der Waals surface area contributed by atoms with Gasteiger partial charge >= 0.3 is 6.18 Å². The normalized spacial score (nSPS) is 13.1. The Labute approximate surface area is 212 Å². The molecule has 0 bridgehead atoms. The number of benzene rings is 2. The minimum atomic E-state index is -4.71. The van der Waals surface area contributed by atoms with E-state index in [1.54, 1.807) is 13.8 Å². The lowest BCUT2D eigenvalue weighted by Gasteiger charge is -2.30. The number of carbonyl (C=O) groups is 1. The van der Waals surface area contributed by atoms with E-state index in [4.69, 9.17) is 0 Å². The molecular formula is C25H26F4N2O3S2. The highest BCUT2D eigenvalue weighted by atomic mass is 32.2. The van der Waals surface area contributed by atoms with Gasteiger partial charge in [-0.15, -0.1) is 11.3 Å². The zero-order valence-electron chi connectivity index (χ0n) is 19.7. The Bertz CT molecular complexity index is 1260. The first-order valence-corrected chi connectivity index (χ1v) is 13.5. The highest BCUT2D eigenvalue weighted by Crippen LogP contribution is 2.31. The average molecular weight is 543 g/mol. The van der Waals surface area contributed by atoms with Crippen LogP contribution in [0.3, 0.4) is 0 Å². The van der Waals surface area contributed by atoms with Gasteiger partial charge in [0.15, 0.2) is 0 Å². The van der Waals surface area contributed by atoms with Gasteiger partial charge in [-0.05, 0) is 60.7 Å². The van der Waals surface area contributed by atoms with Crippen molar-refractivity contribution in [2.24, 2.45) is 0 Å². The highest BCUT2D eigenvalue weighted by Gasteiger charge is 2.35. The number of hydrogen-bond donors (Lipinski definition) is 0. The van der Waals surface area contributed by atoms with Crippen molar-refractivity contribution in [3.63, 3.8) is 0 Å². The molecule has 0 radical (unpaired) electrons. The van der Waals surface area contributed by atoms with Crippen LogP contribution < -0.4 is 0 Å². The molecule has 0 aliphatic rings. The molecule has 194 valence electrons. The van der Waals surface area contributed by atoms with E-state index in [-0.39, 0.29) is 13.1 Å². The summed E-state index contributed by atoms with van der Waals surface area (Å²) in [6.07, 6.45) is -4.37. The standard InChI is InChI=1S/C25H26F4N2O3S2/c1-3-18(2)31(36(33,34)23-8-4-6-20(14-23)25(27,28)29)17-24(32)30(16-22-7-5-13-35-22)15-19-9-11-21(26)12-10-19/h4-14,18H,3,15-17H2,1-2H3/t18-/m1/s1. The second-order valence-electron chi connectivity index (χ2n) is 8.29. The molecule has 1 amide bonds. The quantitative estimate of drug-likeness (QED) is 0.299. The lowest BCUT2D eigenvalue weighted by atomic mass is 10.2. The first-order chi connectivity index (χ1) is 16.9. The number of halogens is 4.